The van der Waals surface area contributed by atoms with E-state index in [0.717, 1.165) is 11.3 Å². The van der Waals surface area contributed by atoms with E-state index in [9.17, 15) is 9.59 Å². The first-order valence-electron chi connectivity index (χ1n) is 8.27. The van der Waals surface area contributed by atoms with Gasteiger partial charge in [-0.1, -0.05) is 38.1 Å². The van der Waals surface area contributed by atoms with Gasteiger partial charge in [0.15, 0.2) is 0 Å². The maximum absolute atomic E-state index is 12.0. The molecule has 0 spiro atoms. The van der Waals surface area contributed by atoms with E-state index in [1.807, 2.05) is 36.4 Å². The van der Waals surface area contributed by atoms with Crippen LogP contribution in [0.15, 0.2) is 54.6 Å². The lowest BCUT2D eigenvalue weighted by Gasteiger charge is -2.09. The van der Waals surface area contributed by atoms with Crippen molar-refractivity contribution in [1.29, 1.82) is 0 Å². The second-order valence-corrected chi connectivity index (χ2v) is 6.42. The molecule has 130 valence electrons. The molecular formula is C21H24N2O2. The molecule has 2 aromatic rings. The summed E-state index contributed by atoms with van der Waals surface area (Å²) in [7, 11) is 3.43. The summed E-state index contributed by atoms with van der Waals surface area (Å²) >= 11 is 0. The maximum Gasteiger partial charge on any atom is 0.253 e. The molecule has 0 unspecified atom stereocenters. The molecule has 0 aliphatic rings. The molecule has 0 atom stereocenters. The first-order valence-corrected chi connectivity index (χ1v) is 8.27. The van der Waals surface area contributed by atoms with Crippen molar-refractivity contribution in [2.75, 3.05) is 19.4 Å². The quantitative estimate of drug-likeness (QED) is 0.833. The van der Waals surface area contributed by atoms with Crippen LogP contribution >= 0.6 is 0 Å². The van der Waals surface area contributed by atoms with Crippen LogP contribution in [0.25, 0.3) is 6.08 Å². The highest BCUT2D eigenvalue weighted by molar-refractivity contribution is 6.02. The normalized spacial score (nSPS) is 10.9. The Morgan fingerprint density at radius 1 is 0.960 bits per heavy atom. The van der Waals surface area contributed by atoms with Crippen LogP contribution < -0.4 is 5.32 Å². The highest BCUT2D eigenvalue weighted by Crippen LogP contribution is 2.17. The van der Waals surface area contributed by atoms with Gasteiger partial charge in [-0.05, 0) is 47.4 Å². The standard InChI is InChI=1S/C21H24N2O2/c1-15(2)17-10-12-19(13-11-17)22-20(24)14-7-16-5-8-18(9-6-16)21(25)23(3)4/h5-15H,1-4H3,(H,22,24)/b14-7+. The monoisotopic (exact) mass is 336 g/mol. The third-order valence-corrected chi connectivity index (χ3v) is 3.84. The lowest BCUT2D eigenvalue weighted by Crippen LogP contribution is -2.21. The number of nitrogens with zero attached hydrogens (tertiary/aromatic N) is 1. The molecule has 0 fully saturated rings. The van der Waals surface area contributed by atoms with Crippen LogP contribution in [-0.4, -0.2) is 30.8 Å². The second kappa shape index (κ2) is 8.29. The zero-order chi connectivity index (χ0) is 18.4. The number of hydrogen-bond donors (Lipinski definition) is 1. The molecule has 0 saturated carbocycles. The minimum absolute atomic E-state index is 0.0434. The molecule has 0 radical (unpaired) electrons. The Kier molecular flexibility index (Phi) is 6.12. The molecular weight excluding hydrogens is 312 g/mol. The third kappa shape index (κ3) is 5.31. The minimum Gasteiger partial charge on any atom is -0.345 e. The summed E-state index contributed by atoms with van der Waals surface area (Å²) in [6.45, 7) is 4.27. The number of hydrogen-bond acceptors (Lipinski definition) is 2. The molecule has 0 saturated heterocycles. The van der Waals surface area contributed by atoms with Gasteiger partial charge in [0.1, 0.15) is 0 Å². The summed E-state index contributed by atoms with van der Waals surface area (Å²) in [6.07, 6.45) is 3.21. The van der Waals surface area contributed by atoms with Crippen LogP contribution in [-0.2, 0) is 4.79 Å². The third-order valence-electron chi connectivity index (χ3n) is 3.84. The fourth-order valence-corrected chi connectivity index (χ4v) is 2.30. The van der Waals surface area contributed by atoms with Crippen molar-refractivity contribution < 1.29 is 9.59 Å². The lowest BCUT2D eigenvalue weighted by molar-refractivity contribution is -0.111. The molecule has 0 aromatic heterocycles. The van der Waals surface area contributed by atoms with E-state index in [1.54, 1.807) is 32.3 Å². The van der Waals surface area contributed by atoms with Crippen LogP contribution in [0.3, 0.4) is 0 Å². The second-order valence-electron chi connectivity index (χ2n) is 6.42. The van der Waals surface area contributed by atoms with Gasteiger partial charge in [-0.25, -0.2) is 0 Å². The van der Waals surface area contributed by atoms with Crippen molar-refractivity contribution in [2.24, 2.45) is 0 Å². The molecule has 1 N–H and O–H groups in total. The highest BCUT2D eigenvalue weighted by Gasteiger charge is 2.06. The molecule has 2 rings (SSSR count). The number of amides is 2. The molecule has 25 heavy (non-hydrogen) atoms. The van der Waals surface area contributed by atoms with Gasteiger partial charge in [-0.3, -0.25) is 9.59 Å². The zero-order valence-electron chi connectivity index (χ0n) is 15.1. The average molecular weight is 336 g/mol. The van der Waals surface area contributed by atoms with Gasteiger partial charge in [0.25, 0.3) is 5.91 Å². The smallest absolute Gasteiger partial charge is 0.253 e. The van der Waals surface area contributed by atoms with Crippen molar-refractivity contribution in [1.82, 2.24) is 4.90 Å². The van der Waals surface area contributed by atoms with E-state index >= 15 is 0 Å². The lowest BCUT2D eigenvalue weighted by atomic mass is 10.0. The van der Waals surface area contributed by atoms with E-state index < -0.39 is 0 Å². The summed E-state index contributed by atoms with van der Waals surface area (Å²) in [6, 6.07) is 15.0. The van der Waals surface area contributed by atoms with Crippen molar-refractivity contribution in [2.45, 2.75) is 19.8 Å². The van der Waals surface area contributed by atoms with Crippen LogP contribution in [0.4, 0.5) is 5.69 Å². The number of carbonyl (C=O) groups excluding carboxylic acids is 2. The highest BCUT2D eigenvalue weighted by atomic mass is 16.2. The van der Waals surface area contributed by atoms with E-state index in [0.29, 0.717) is 11.5 Å². The van der Waals surface area contributed by atoms with Crippen molar-refractivity contribution in [3.8, 4) is 0 Å². The fourth-order valence-electron chi connectivity index (χ4n) is 2.30. The predicted molar refractivity (Wildman–Crippen MR) is 103 cm³/mol. The SMILES string of the molecule is CC(C)c1ccc(NC(=O)/C=C/c2ccc(C(=O)N(C)C)cc2)cc1. The molecule has 4 heteroatoms. The fraction of sp³-hybridized carbons (Fsp3) is 0.238. The number of anilines is 1. The Hall–Kier alpha value is -2.88. The van der Waals surface area contributed by atoms with Gasteiger partial charge < -0.3 is 10.2 Å². The van der Waals surface area contributed by atoms with Gasteiger partial charge >= 0.3 is 0 Å². The zero-order valence-corrected chi connectivity index (χ0v) is 15.1. The van der Waals surface area contributed by atoms with Crippen LogP contribution in [0.2, 0.25) is 0 Å². The van der Waals surface area contributed by atoms with E-state index in [1.165, 1.54) is 16.5 Å². The van der Waals surface area contributed by atoms with Gasteiger partial charge in [0, 0.05) is 31.4 Å². The van der Waals surface area contributed by atoms with Gasteiger partial charge in [0.2, 0.25) is 5.91 Å². The molecule has 4 nitrogen and oxygen atoms in total. The Balaban J connectivity index is 1.96. The number of rotatable bonds is 5. The number of nitrogens with one attached hydrogen (secondary N) is 1. The van der Waals surface area contributed by atoms with Crippen molar-refractivity contribution >= 4 is 23.6 Å². The molecule has 0 bridgehead atoms. The Morgan fingerprint density at radius 2 is 1.56 bits per heavy atom. The van der Waals surface area contributed by atoms with Crippen molar-refractivity contribution in [3.05, 3.63) is 71.3 Å². The maximum atomic E-state index is 12.0. The molecule has 2 aromatic carbocycles. The molecule has 0 aliphatic carbocycles. The van der Waals surface area contributed by atoms with Crippen LogP contribution in [0.5, 0.6) is 0 Å². The van der Waals surface area contributed by atoms with E-state index in [2.05, 4.69) is 19.2 Å². The van der Waals surface area contributed by atoms with Gasteiger partial charge in [-0.15, -0.1) is 0 Å². The molecule has 2 amide bonds. The number of carbonyl (C=O) groups is 2. The first-order chi connectivity index (χ1) is 11.9. The average Bonchev–Trinajstić information content (AvgIpc) is 2.60. The van der Waals surface area contributed by atoms with Gasteiger partial charge in [0.05, 0.1) is 0 Å². The summed E-state index contributed by atoms with van der Waals surface area (Å²) < 4.78 is 0. The first kappa shape index (κ1) is 18.5. The molecule has 0 aliphatic heterocycles. The van der Waals surface area contributed by atoms with E-state index in [-0.39, 0.29) is 11.8 Å². The van der Waals surface area contributed by atoms with Crippen LogP contribution in [0, 0.1) is 0 Å². The van der Waals surface area contributed by atoms with E-state index in [4.69, 9.17) is 0 Å². The molecule has 0 heterocycles. The summed E-state index contributed by atoms with van der Waals surface area (Å²) in [5.74, 6) is 0.232. The minimum atomic E-state index is -0.189. The number of benzene rings is 2. The summed E-state index contributed by atoms with van der Waals surface area (Å²) in [4.78, 5) is 25.4. The van der Waals surface area contributed by atoms with Crippen LogP contribution in [0.1, 0.15) is 41.3 Å². The van der Waals surface area contributed by atoms with Crippen molar-refractivity contribution in [3.63, 3.8) is 0 Å². The Labute approximate surface area is 149 Å². The summed E-state index contributed by atoms with van der Waals surface area (Å²) in [5, 5.41) is 2.84. The largest absolute Gasteiger partial charge is 0.345 e. The Morgan fingerprint density at radius 3 is 2.08 bits per heavy atom. The summed E-state index contributed by atoms with van der Waals surface area (Å²) in [5.41, 5.74) is 3.49. The van der Waals surface area contributed by atoms with Gasteiger partial charge in [-0.2, -0.15) is 0 Å². The Bertz CT molecular complexity index is 757. The predicted octanol–water partition coefficient (Wildman–Crippen LogP) is 4.16. The topological polar surface area (TPSA) is 49.4 Å².